The number of carbonyl (C=O) groups is 1. The number of hydrogen-bond acceptors (Lipinski definition) is 4. The Kier molecular flexibility index (Phi) is 5.88. The van der Waals surface area contributed by atoms with Crippen molar-refractivity contribution in [3.05, 3.63) is 104 Å². The molecule has 1 aromatic heterocycles. The summed E-state index contributed by atoms with van der Waals surface area (Å²) in [6.45, 7) is 4.70. The minimum Gasteiger partial charge on any atom is -0.494 e. The molecule has 34 heavy (non-hydrogen) atoms. The van der Waals surface area contributed by atoms with E-state index in [0.717, 1.165) is 24.0 Å². The number of carbonyl (C=O) groups excluding carboxylic acids is 1. The highest BCUT2D eigenvalue weighted by Crippen LogP contribution is 2.42. The second kappa shape index (κ2) is 8.99. The molecule has 3 aromatic carbocycles. The fraction of sp³-hybridized carbons (Fsp3) is 0.214. The van der Waals surface area contributed by atoms with E-state index in [0.29, 0.717) is 39.6 Å². The molecule has 1 amide bonds. The van der Waals surface area contributed by atoms with Gasteiger partial charge in [0.2, 0.25) is 5.76 Å². The van der Waals surface area contributed by atoms with Crippen LogP contribution in [0.2, 0.25) is 5.02 Å². The SMILES string of the molecule is CCCOc1cccc(C2c3c(oc4ccc(Cl)cc4c3=O)C(=O)N2c2ccc(CC)cc2)c1. The number of benzene rings is 3. The molecule has 2 heterocycles. The van der Waals surface area contributed by atoms with Crippen LogP contribution in [0.25, 0.3) is 11.0 Å². The van der Waals surface area contributed by atoms with Crippen molar-refractivity contribution in [2.45, 2.75) is 32.7 Å². The maximum Gasteiger partial charge on any atom is 0.295 e. The van der Waals surface area contributed by atoms with Gasteiger partial charge in [-0.1, -0.05) is 49.7 Å². The van der Waals surface area contributed by atoms with Crippen LogP contribution in [0, 0.1) is 0 Å². The fourth-order valence-corrected chi connectivity index (χ4v) is 4.59. The number of rotatable bonds is 6. The zero-order valence-electron chi connectivity index (χ0n) is 19.0. The molecule has 0 saturated heterocycles. The zero-order chi connectivity index (χ0) is 23.8. The van der Waals surface area contributed by atoms with Crippen LogP contribution in [-0.4, -0.2) is 12.5 Å². The first kappa shape index (κ1) is 22.2. The van der Waals surface area contributed by atoms with E-state index in [2.05, 4.69) is 6.92 Å². The first-order valence-corrected chi connectivity index (χ1v) is 11.8. The molecule has 1 aliphatic heterocycles. The third kappa shape index (κ3) is 3.76. The van der Waals surface area contributed by atoms with Crippen LogP contribution >= 0.6 is 11.6 Å². The third-order valence-corrected chi connectivity index (χ3v) is 6.34. The Hall–Kier alpha value is -3.57. The molecule has 0 fully saturated rings. The Morgan fingerprint density at radius 1 is 1.00 bits per heavy atom. The van der Waals surface area contributed by atoms with E-state index >= 15 is 0 Å². The predicted molar refractivity (Wildman–Crippen MR) is 134 cm³/mol. The summed E-state index contributed by atoms with van der Waals surface area (Å²) in [6, 6.07) is 19.6. The maximum absolute atomic E-state index is 13.7. The normalized spacial score (nSPS) is 15.1. The number of nitrogens with zero attached hydrogens (tertiary/aromatic N) is 1. The van der Waals surface area contributed by atoms with Crippen molar-refractivity contribution in [3.63, 3.8) is 0 Å². The van der Waals surface area contributed by atoms with Gasteiger partial charge in [-0.05, 0) is 66.4 Å². The minimum absolute atomic E-state index is 0.0595. The van der Waals surface area contributed by atoms with Gasteiger partial charge in [-0.2, -0.15) is 0 Å². The molecular formula is C28H24ClNO4. The van der Waals surface area contributed by atoms with Gasteiger partial charge < -0.3 is 9.15 Å². The van der Waals surface area contributed by atoms with E-state index in [-0.39, 0.29) is 17.1 Å². The Morgan fingerprint density at radius 2 is 1.79 bits per heavy atom. The van der Waals surface area contributed by atoms with Gasteiger partial charge in [-0.3, -0.25) is 14.5 Å². The predicted octanol–water partition coefficient (Wildman–Crippen LogP) is 6.55. The first-order chi connectivity index (χ1) is 16.5. The lowest BCUT2D eigenvalue weighted by atomic mass is 9.98. The van der Waals surface area contributed by atoms with Gasteiger partial charge in [0.05, 0.1) is 23.6 Å². The topological polar surface area (TPSA) is 59.8 Å². The van der Waals surface area contributed by atoms with Crippen molar-refractivity contribution in [1.29, 1.82) is 0 Å². The van der Waals surface area contributed by atoms with E-state index in [4.69, 9.17) is 20.8 Å². The third-order valence-electron chi connectivity index (χ3n) is 6.10. The van der Waals surface area contributed by atoms with Crippen molar-refractivity contribution in [3.8, 4) is 5.75 Å². The number of ether oxygens (including phenoxy) is 1. The summed E-state index contributed by atoms with van der Waals surface area (Å²) >= 11 is 6.17. The van der Waals surface area contributed by atoms with Crippen molar-refractivity contribution < 1.29 is 13.9 Å². The largest absolute Gasteiger partial charge is 0.494 e. The summed E-state index contributed by atoms with van der Waals surface area (Å²) in [4.78, 5) is 29.0. The summed E-state index contributed by atoms with van der Waals surface area (Å²) in [5, 5.41) is 0.785. The highest BCUT2D eigenvalue weighted by atomic mass is 35.5. The molecule has 0 saturated carbocycles. The number of anilines is 1. The molecule has 1 unspecified atom stereocenters. The zero-order valence-corrected chi connectivity index (χ0v) is 19.8. The van der Waals surface area contributed by atoms with Gasteiger partial charge in [0.15, 0.2) is 5.43 Å². The lowest BCUT2D eigenvalue weighted by Gasteiger charge is -2.25. The second-order valence-electron chi connectivity index (χ2n) is 8.33. The Bertz CT molecular complexity index is 1440. The van der Waals surface area contributed by atoms with E-state index in [1.54, 1.807) is 23.1 Å². The van der Waals surface area contributed by atoms with Gasteiger partial charge >= 0.3 is 0 Å². The van der Waals surface area contributed by atoms with Gasteiger partial charge in [0.25, 0.3) is 5.91 Å². The number of hydrogen-bond donors (Lipinski definition) is 0. The van der Waals surface area contributed by atoms with Crippen LogP contribution in [0.1, 0.15) is 53.6 Å². The van der Waals surface area contributed by atoms with Crippen LogP contribution in [0.3, 0.4) is 0 Å². The molecule has 0 N–H and O–H groups in total. The highest BCUT2D eigenvalue weighted by Gasteiger charge is 2.43. The average Bonchev–Trinajstić information content (AvgIpc) is 3.16. The lowest BCUT2D eigenvalue weighted by Crippen LogP contribution is -2.29. The quantitative estimate of drug-likeness (QED) is 0.318. The van der Waals surface area contributed by atoms with E-state index < -0.39 is 6.04 Å². The molecule has 0 spiro atoms. The van der Waals surface area contributed by atoms with Crippen molar-refractivity contribution in [2.75, 3.05) is 11.5 Å². The maximum atomic E-state index is 13.7. The van der Waals surface area contributed by atoms with Crippen molar-refractivity contribution >= 4 is 34.2 Å². The molecular weight excluding hydrogens is 450 g/mol. The molecule has 0 aliphatic carbocycles. The smallest absolute Gasteiger partial charge is 0.295 e. The van der Waals surface area contributed by atoms with E-state index in [1.807, 2.05) is 55.5 Å². The monoisotopic (exact) mass is 473 g/mol. The summed E-state index contributed by atoms with van der Waals surface area (Å²) < 4.78 is 11.8. The summed E-state index contributed by atoms with van der Waals surface area (Å²) in [5.74, 6) is 0.400. The Balaban J connectivity index is 1.74. The molecule has 6 heteroatoms. The molecule has 0 bridgehead atoms. The number of amides is 1. The van der Waals surface area contributed by atoms with Crippen LogP contribution in [0.5, 0.6) is 5.75 Å². The Morgan fingerprint density at radius 3 is 2.53 bits per heavy atom. The summed E-state index contributed by atoms with van der Waals surface area (Å²) in [5.41, 5.74) is 3.02. The number of fused-ring (bicyclic) bond motifs is 2. The molecule has 172 valence electrons. The van der Waals surface area contributed by atoms with Crippen LogP contribution in [0.15, 0.2) is 75.9 Å². The molecule has 1 aliphatic rings. The van der Waals surface area contributed by atoms with Gasteiger partial charge in [0.1, 0.15) is 11.3 Å². The average molecular weight is 474 g/mol. The summed E-state index contributed by atoms with van der Waals surface area (Å²) in [6.07, 6.45) is 1.77. The fourth-order valence-electron chi connectivity index (χ4n) is 4.41. The summed E-state index contributed by atoms with van der Waals surface area (Å²) in [7, 11) is 0. The van der Waals surface area contributed by atoms with E-state index in [9.17, 15) is 9.59 Å². The van der Waals surface area contributed by atoms with Crippen LogP contribution in [0.4, 0.5) is 5.69 Å². The highest BCUT2D eigenvalue weighted by molar-refractivity contribution is 6.31. The van der Waals surface area contributed by atoms with Crippen molar-refractivity contribution in [2.24, 2.45) is 0 Å². The molecule has 0 radical (unpaired) electrons. The molecule has 5 nitrogen and oxygen atoms in total. The van der Waals surface area contributed by atoms with Gasteiger partial charge in [-0.25, -0.2) is 0 Å². The van der Waals surface area contributed by atoms with Gasteiger partial charge in [0, 0.05) is 10.7 Å². The number of aryl methyl sites for hydroxylation is 1. The van der Waals surface area contributed by atoms with E-state index in [1.165, 1.54) is 0 Å². The molecule has 1 atom stereocenters. The Labute approximate surface area is 202 Å². The first-order valence-electron chi connectivity index (χ1n) is 11.4. The number of halogens is 1. The standard InChI is InChI=1S/C28H24ClNO4/c1-3-14-33-21-7-5-6-18(15-21)25-24-26(31)22-16-19(29)10-13-23(22)34-27(24)28(32)30(25)20-11-8-17(4-2)9-12-20/h5-13,15-16,25H,3-4,14H2,1-2H3. The molecule has 4 aromatic rings. The van der Waals surface area contributed by atoms with Gasteiger partial charge in [-0.15, -0.1) is 0 Å². The van der Waals surface area contributed by atoms with Crippen LogP contribution in [-0.2, 0) is 6.42 Å². The minimum atomic E-state index is -0.653. The molecule has 5 rings (SSSR count). The van der Waals surface area contributed by atoms with Crippen LogP contribution < -0.4 is 15.1 Å². The lowest BCUT2D eigenvalue weighted by molar-refractivity contribution is 0.0971. The van der Waals surface area contributed by atoms with Crippen molar-refractivity contribution in [1.82, 2.24) is 0 Å². The second-order valence-corrected chi connectivity index (χ2v) is 8.77.